The molecule has 1 fully saturated rings. The zero-order valence-corrected chi connectivity index (χ0v) is 25.2. The summed E-state index contributed by atoms with van der Waals surface area (Å²) in [4.78, 5) is 50.5. The second-order valence-electron chi connectivity index (χ2n) is 9.73. The summed E-state index contributed by atoms with van der Waals surface area (Å²) in [6, 6.07) is 6.61. The van der Waals surface area contributed by atoms with Gasteiger partial charge >= 0.3 is 11.9 Å². The van der Waals surface area contributed by atoms with Crippen molar-refractivity contribution in [2.75, 3.05) is 45.3 Å². The van der Waals surface area contributed by atoms with Crippen LogP contribution in [-0.2, 0) is 44.8 Å². The Kier molecular flexibility index (Phi) is 17.1. The number of nitrogens with zero attached hydrogens (tertiary/aromatic N) is 1. The molecule has 2 amide bonds. The number of carboxylic acid groups (broad SMARTS) is 2. The molecule has 0 spiro atoms. The molecule has 13 nitrogen and oxygen atoms in total. The molecule has 2 rings (SSSR count). The van der Waals surface area contributed by atoms with Crippen molar-refractivity contribution in [3.63, 3.8) is 0 Å². The van der Waals surface area contributed by atoms with Gasteiger partial charge in [0.2, 0.25) is 11.8 Å². The fraction of sp³-hybridized carbons (Fsp3) is 0.630. The zero-order valence-electron chi connectivity index (χ0n) is 23.5. The summed E-state index contributed by atoms with van der Waals surface area (Å²) in [6.07, 6.45) is 2.96. The van der Waals surface area contributed by atoms with Gasteiger partial charge in [0.15, 0.2) is 9.74 Å². The number of likely N-dealkylation sites (tertiary alicyclic amines) is 1. The first-order chi connectivity index (χ1) is 20.2. The Hall–Kier alpha value is -2.72. The summed E-state index contributed by atoms with van der Waals surface area (Å²) in [7, 11) is -1.71. The molecule has 42 heavy (non-hydrogen) atoms. The largest absolute Gasteiger partial charge is 0.480 e. The Labute approximate surface area is 251 Å². The first kappa shape index (κ1) is 35.5. The average molecular weight is 632 g/mol. The lowest BCUT2D eigenvalue weighted by Gasteiger charge is -2.29. The topological polar surface area (TPSA) is 189 Å². The second-order valence-corrected chi connectivity index (χ2v) is 12.5. The van der Waals surface area contributed by atoms with E-state index in [2.05, 4.69) is 10.6 Å². The smallest absolute Gasteiger partial charge is 0.326 e. The molecule has 0 aromatic heterocycles. The van der Waals surface area contributed by atoms with E-state index in [1.54, 1.807) is 0 Å². The number of rotatable bonds is 22. The Bertz CT molecular complexity index is 1070. The molecule has 236 valence electrons. The van der Waals surface area contributed by atoms with Gasteiger partial charge in [-0.25, -0.2) is 13.2 Å². The summed E-state index contributed by atoms with van der Waals surface area (Å²) >= 11 is 0. The quantitative estimate of drug-likeness (QED) is 0.0685. The van der Waals surface area contributed by atoms with E-state index in [-0.39, 0.29) is 45.2 Å². The van der Waals surface area contributed by atoms with Gasteiger partial charge in [-0.3, -0.25) is 19.7 Å². The molecule has 1 aliphatic rings. The summed E-state index contributed by atoms with van der Waals surface area (Å²) in [5, 5.41) is 25.1. The molecular weight excluding hydrogens is 590 g/mol. The molecule has 0 bridgehead atoms. The minimum absolute atomic E-state index is 0.166. The molecule has 0 unspecified atom stereocenters. The van der Waals surface area contributed by atoms with E-state index in [1.165, 1.54) is 4.90 Å². The number of hydrogen-bond acceptors (Lipinski definition) is 10. The van der Waals surface area contributed by atoms with Crippen molar-refractivity contribution in [1.82, 2.24) is 15.5 Å². The monoisotopic (exact) mass is 631 g/mol. The van der Waals surface area contributed by atoms with Crippen LogP contribution in [0.1, 0.15) is 44.1 Å². The van der Waals surface area contributed by atoms with E-state index >= 15 is 0 Å². The van der Waals surface area contributed by atoms with Crippen molar-refractivity contribution < 1.29 is 47.3 Å². The Morgan fingerprint density at radius 3 is 2.43 bits per heavy atom. The van der Waals surface area contributed by atoms with Gasteiger partial charge in [0.05, 0.1) is 25.9 Å². The first-order valence-electron chi connectivity index (χ1n) is 13.9. The first-order valence-corrected chi connectivity index (χ1v) is 16.7. The number of carboxylic acids is 2. The standard InChI is InChI=1S/C27H41N3O10S2/c31-24(19-40-16-15-39-17-18-41-42(37)38)28-13-5-4-9-21(25(32)30-14-6-10-23(30)27(35)36)29-22(26(33)34)12-11-20-7-2-1-3-8-20/h1-3,7-8,21-23,29,42H,4-6,9-19H2,(H,28,31)(H,33,34)(H,35,36)/t21-,22-,23-/m0/s1. The predicted octanol–water partition coefficient (Wildman–Crippen LogP) is 0.686. The molecule has 0 aliphatic carbocycles. The van der Waals surface area contributed by atoms with Crippen molar-refractivity contribution in [3.05, 3.63) is 35.9 Å². The van der Waals surface area contributed by atoms with E-state index < -0.39 is 45.7 Å². The van der Waals surface area contributed by atoms with Crippen LogP contribution in [-0.4, -0.2) is 111 Å². The van der Waals surface area contributed by atoms with Crippen LogP contribution in [0, 0.1) is 0 Å². The van der Waals surface area contributed by atoms with Crippen LogP contribution in [0.5, 0.6) is 0 Å². The van der Waals surface area contributed by atoms with Gasteiger partial charge in [-0.2, -0.15) is 0 Å². The molecule has 1 aliphatic heterocycles. The molecule has 15 heteroatoms. The third kappa shape index (κ3) is 14.0. The molecule has 4 N–H and O–H groups in total. The maximum atomic E-state index is 13.4. The van der Waals surface area contributed by atoms with Gasteiger partial charge in [0.25, 0.3) is 0 Å². The van der Waals surface area contributed by atoms with Crippen LogP contribution >= 0.6 is 10.8 Å². The van der Waals surface area contributed by atoms with Crippen LogP contribution in [0.2, 0.25) is 0 Å². The minimum atomic E-state index is -2.49. The van der Waals surface area contributed by atoms with Crippen LogP contribution < -0.4 is 10.6 Å². The van der Waals surface area contributed by atoms with Gasteiger partial charge in [0.1, 0.15) is 18.7 Å². The van der Waals surface area contributed by atoms with Gasteiger partial charge in [0, 0.05) is 18.8 Å². The number of hydrogen-bond donors (Lipinski definition) is 5. The van der Waals surface area contributed by atoms with E-state index in [4.69, 9.17) is 9.47 Å². The third-order valence-corrected chi connectivity index (χ3v) is 8.40. The number of nitrogens with one attached hydrogen (secondary N) is 2. The number of benzene rings is 1. The maximum Gasteiger partial charge on any atom is 0.326 e. The van der Waals surface area contributed by atoms with Crippen LogP contribution in [0.25, 0.3) is 0 Å². The highest BCUT2D eigenvalue weighted by Crippen LogP contribution is 2.20. The number of carbonyl (C=O) groups is 4. The zero-order chi connectivity index (χ0) is 30.7. The number of ether oxygens (including phenoxy) is 2. The van der Waals surface area contributed by atoms with Crippen LogP contribution in [0.4, 0.5) is 0 Å². The van der Waals surface area contributed by atoms with Crippen molar-refractivity contribution in [1.29, 1.82) is 0 Å². The van der Waals surface area contributed by atoms with Crippen LogP contribution in [0.15, 0.2) is 30.3 Å². The van der Waals surface area contributed by atoms with Gasteiger partial charge < -0.3 is 29.9 Å². The van der Waals surface area contributed by atoms with Crippen molar-refractivity contribution in [3.8, 4) is 0 Å². The SMILES string of the molecule is O=C(COCCOCCS[SH](=O)=O)NCCCC[C@H](N[C@@H](CCc1ccccc1)C(=O)O)C(=O)N1CCC[C@H]1C(=O)O. The number of aryl methyl sites for hydroxylation is 1. The molecule has 1 aromatic rings. The van der Waals surface area contributed by atoms with Crippen molar-refractivity contribution in [2.24, 2.45) is 0 Å². The van der Waals surface area contributed by atoms with Crippen LogP contribution in [0.3, 0.4) is 0 Å². The Morgan fingerprint density at radius 1 is 1.00 bits per heavy atom. The number of amides is 2. The highest BCUT2D eigenvalue weighted by molar-refractivity contribution is 8.64. The minimum Gasteiger partial charge on any atom is -0.480 e. The number of aliphatic carboxylic acids is 2. The maximum absolute atomic E-state index is 13.4. The summed E-state index contributed by atoms with van der Waals surface area (Å²) in [5.41, 5.74) is 0.972. The fourth-order valence-electron chi connectivity index (χ4n) is 4.55. The molecule has 1 aromatic carbocycles. The van der Waals surface area contributed by atoms with E-state index in [1.807, 2.05) is 30.3 Å². The highest BCUT2D eigenvalue weighted by atomic mass is 33.1. The van der Waals surface area contributed by atoms with E-state index in [0.29, 0.717) is 50.9 Å². The lowest BCUT2D eigenvalue weighted by Crippen LogP contribution is -2.54. The predicted molar refractivity (Wildman–Crippen MR) is 157 cm³/mol. The molecule has 1 heterocycles. The van der Waals surface area contributed by atoms with E-state index in [0.717, 1.165) is 16.4 Å². The molecule has 3 atom stereocenters. The summed E-state index contributed by atoms with van der Waals surface area (Å²) < 4.78 is 31.3. The van der Waals surface area contributed by atoms with Crippen molar-refractivity contribution in [2.45, 2.75) is 63.1 Å². The lowest BCUT2D eigenvalue weighted by atomic mass is 10.0. The summed E-state index contributed by atoms with van der Waals surface area (Å²) in [5.74, 6) is -2.59. The fourth-order valence-corrected chi connectivity index (χ4v) is 5.56. The number of thiol groups is 1. The molecule has 1 saturated heterocycles. The van der Waals surface area contributed by atoms with Gasteiger partial charge in [-0.1, -0.05) is 30.3 Å². The highest BCUT2D eigenvalue weighted by Gasteiger charge is 2.38. The molecular formula is C27H41N3O10S2. The van der Waals surface area contributed by atoms with Gasteiger partial charge in [-0.05, 0) is 61.3 Å². The second kappa shape index (κ2) is 20.2. The average Bonchev–Trinajstić information content (AvgIpc) is 3.46. The lowest BCUT2D eigenvalue weighted by molar-refractivity contribution is -0.149. The molecule has 0 saturated carbocycles. The number of unbranched alkanes of at least 4 members (excludes halogenated alkanes) is 1. The normalized spacial score (nSPS) is 16.3. The Balaban J connectivity index is 1.81. The summed E-state index contributed by atoms with van der Waals surface area (Å²) in [6.45, 7) is 1.13. The third-order valence-electron chi connectivity index (χ3n) is 6.66. The number of carbonyl (C=O) groups excluding carboxylic acids is 2. The Morgan fingerprint density at radius 2 is 1.74 bits per heavy atom. The van der Waals surface area contributed by atoms with Gasteiger partial charge in [-0.15, -0.1) is 0 Å². The molecule has 0 radical (unpaired) electrons. The van der Waals surface area contributed by atoms with Crippen molar-refractivity contribution >= 4 is 44.3 Å². The van der Waals surface area contributed by atoms with E-state index in [9.17, 15) is 37.8 Å².